The van der Waals surface area contributed by atoms with Crippen LogP contribution in [0.15, 0.2) is 24.3 Å². The lowest BCUT2D eigenvalue weighted by Crippen LogP contribution is -2.57. The number of urea groups is 1. The third-order valence-corrected chi connectivity index (χ3v) is 4.97. The van der Waals surface area contributed by atoms with E-state index in [0.717, 1.165) is 19.6 Å². The zero-order valence-corrected chi connectivity index (χ0v) is 16.4. The van der Waals surface area contributed by atoms with Crippen molar-refractivity contribution in [1.82, 2.24) is 15.1 Å². The maximum absolute atomic E-state index is 12.7. The number of rotatable bonds is 6. The molecule has 0 bridgehead atoms. The molecule has 0 radical (unpaired) electrons. The lowest BCUT2D eigenvalue weighted by Gasteiger charge is -2.37. The Labute approximate surface area is 156 Å². The van der Waals surface area contributed by atoms with Crippen LogP contribution < -0.4 is 11.1 Å². The summed E-state index contributed by atoms with van der Waals surface area (Å²) >= 11 is 0. The van der Waals surface area contributed by atoms with E-state index in [4.69, 9.17) is 5.73 Å². The summed E-state index contributed by atoms with van der Waals surface area (Å²) in [7, 11) is 0. The average molecular weight is 361 g/mol. The molecule has 26 heavy (non-hydrogen) atoms. The van der Waals surface area contributed by atoms with E-state index in [1.165, 1.54) is 11.1 Å². The third kappa shape index (κ3) is 5.46. The summed E-state index contributed by atoms with van der Waals surface area (Å²) in [6.07, 6.45) is 0. The van der Waals surface area contributed by atoms with Gasteiger partial charge in [-0.15, -0.1) is 0 Å². The molecule has 1 aliphatic rings. The molecule has 3 N–H and O–H groups in total. The minimum absolute atomic E-state index is 0.00695. The monoisotopic (exact) mass is 360 g/mol. The molecule has 0 aliphatic carbocycles. The van der Waals surface area contributed by atoms with E-state index in [1.54, 1.807) is 0 Å². The Hall–Kier alpha value is -2.08. The van der Waals surface area contributed by atoms with Crippen molar-refractivity contribution < 1.29 is 9.59 Å². The van der Waals surface area contributed by atoms with Gasteiger partial charge in [0.1, 0.15) is 6.04 Å². The maximum atomic E-state index is 12.7. The molecule has 1 atom stereocenters. The van der Waals surface area contributed by atoms with Gasteiger partial charge in [0.15, 0.2) is 0 Å². The second-order valence-electron chi connectivity index (χ2n) is 7.73. The Morgan fingerprint density at radius 3 is 2.08 bits per heavy atom. The van der Waals surface area contributed by atoms with Crippen molar-refractivity contribution in [2.45, 2.75) is 46.2 Å². The number of piperazine rings is 1. The maximum Gasteiger partial charge on any atom is 0.312 e. The quantitative estimate of drug-likeness (QED) is 0.816. The van der Waals surface area contributed by atoms with Crippen LogP contribution in [0.2, 0.25) is 0 Å². The van der Waals surface area contributed by atoms with Crippen LogP contribution in [0.3, 0.4) is 0 Å². The number of nitrogens with zero attached hydrogens (tertiary/aromatic N) is 2. The third-order valence-electron chi connectivity index (χ3n) is 4.97. The highest BCUT2D eigenvalue weighted by Crippen LogP contribution is 2.17. The van der Waals surface area contributed by atoms with Gasteiger partial charge in [0, 0.05) is 32.7 Å². The van der Waals surface area contributed by atoms with Gasteiger partial charge in [-0.25, -0.2) is 4.79 Å². The molecule has 0 spiro atoms. The van der Waals surface area contributed by atoms with Crippen molar-refractivity contribution in [3.8, 4) is 0 Å². The molecule has 1 aromatic rings. The number of benzene rings is 1. The lowest BCUT2D eigenvalue weighted by atomic mass is 10.0. The summed E-state index contributed by atoms with van der Waals surface area (Å²) in [5.41, 5.74) is 7.86. The first kappa shape index (κ1) is 20.2. The smallest absolute Gasteiger partial charge is 0.312 e. The molecule has 0 saturated carbocycles. The second kappa shape index (κ2) is 9.03. The van der Waals surface area contributed by atoms with Gasteiger partial charge >= 0.3 is 6.03 Å². The first-order chi connectivity index (χ1) is 12.3. The molecule has 6 nitrogen and oxygen atoms in total. The van der Waals surface area contributed by atoms with Gasteiger partial charge in [-0.1, -0.05) is 52.0 Å². The van der Waals surface area contributed by atoms with Gasteiger partial charge in [-0.05, 0) is 23.0 Å². The molecule has 2 rings (SSSR count). The highest BCUT2D eigenvalue weighted by Gasteiger charge is 2.30. The number of amides is 3. The van der Waals surface area contributed by atoms with Gasteiger partial charge in [0.2, 0.25) is 5.91 Å². The van der Waals surface area contributed by atoms with Crippen molar-refractivity contribution in [3.63, 3.8) is 0 Å². The molecule has 0 aromatic heterocycles. The summed E-state index contributed by atoms with van der Waals surface area (Å²) in [5, 5.41) is 2.58. The number of carbonyl (C=O) groups excluding carboxylic acids is 2. The van der Waals surface area contributed by atoms with E-state index in [-0.39, 0.29) is 11.8 Å². The molecular formula is C20H32N4O2. The fraction of sp³-hybridized carbons (Fsp3) is 0.600. The van der Waals surface area contributed by atoms with Crippen LogP contribution in [0.1, 0.15) is 44.7 Å². The van der Waals surface area contributed by atoms with Gasteiger partial charge in [-0.3, -0.25) is 9.69 Å². The summed E-state index contributed by atoms with van der Waals surface area (Å²) in [6.45, 7) is 12.1. The van der Waals surface area contributed by atoms with Crippen LogP contribution in [0.4, 0.5) is 4.79 Å². The highest BCUT2D eigenvalue weighted by atomic mass is 16.2. The number of carbonyl (C=O) groups is 2. The zero-order chi connectivity index (χ0) is 19.3. The molecule has 1 aromatic carbocycles. The van der Waals surface area contributed by atoms with Crippen molar-refractivity contribution in [2.24, 2.45) is 11.7 Å². The lowest BCUT2D eigenvalue weighted by molar-refractivity contribution is -0.136. The zero-order valence-electron chi connectivity index (χ0n) is 16.4. The first-order valence-corrected chi connectivity index (χ1v) is 9.44. The fourth-order valence-electron chi connectivity index (χ4n) is 3.26. The van der Waals surface area contributed by atoms with Crippen molar-refractivity contribution in [3.05, 3.63) is 35.4 Å². The normalized spacial score (nSPS) is 16.8. The molecule has 6 heteroatoms. The van der Waals surface area contributed by atoms with E-state index in [9.17, 15) is 9.59 Å². The van der Waals surface area contributed by atoms with Crippen LogP contribution in [0.5, 0.6) is 0 Å². The van der Waals surface area contributed by atoms with E-state index < -0.39 is 12.1 Å². The Kier molecular flexibility index (Phi) is 7.03. The predicted molar refractivity (Wildman–Crippen MR) is 104 cm³/mol. The van der Waals surface area contributed by atoms with Crippen LogP contribution in [0.25, 0.3) is 0 Å². The van der Waals surface area contributed by atoms with E-state index in [2.05, 4.69) is 48.3 Å². The Bertz CT molecular complexity index is 605. The van der Waals surface area contributed by atoms with Gasteiger partial charge in [0.05, 0.1) is 0 Å². The minimum Gasteiger partial charge on any atom is -0.352 e. The van der Waals surface area contributed by atoms with Crippen LogP contribution in [-0.4, -0.2) is 54.0 Å². The van der Waals surface area contributed by atoms with Gasteiger partial charge in [0.25, 0.3) is 0 Å². The Balaban J connectivity index is 1.87. The number of hydrogen-bond donors (Lipinski definition) is 2. The van der Waals surface area contributed by atoms with Gasteiger partial charge in [-0.2, -0.15) is 0 Å². The molecule has 1 saturated heterocycles. The van der Waals surface area contributed by atoms with E-state index in [1.807, 2.05) is 18.7 Å². The van der Waals surface area contributed by atoms with Crippen molar-refractivity contribution in [2.75, 3.05) is 26.2 Å². The standard InChI is InChI=1S/C20H32N4O2/c1-14(2)17-7-5-16(6-8-17)13-23-9-11-24(12-10-23)19(25)18(15(3)4)22-20(21)26/h5-8,14-15,18H,9-13H2,1-4H3,(H3,21,22,26). The predicted octanol–water partition coefficient (Wildman–Crippen LogP) is 2.15. The SMILES string of the molecule is CC(C)c1ccc(CN2CCN(C(=O)C(NC(N)=O)C(C)C)CC2)cc1. The summed E-state index contributed by atoms with van der Waals surface area (Å²) in [6, 6.07) is 7.57. The largest absolute Gasteiger partial charge is 0.352 e. The second-order valence-corrected chi connectivity index (χ2v) is 7.73. The van der Waals surface area contributed by atoms with Crippen molar-refractivity contribution >= 4 is 11.9 Å². The highest BCUT2D eigenvalue weighted by molar-refractivity contribution is 5.86. The Morgan fingerprint density at radius 2 is 1.62 bits per heavy atom. The topological polar surface area (TPSA) is 78.7 Å². The summed E-state index contributed by atoms with van der Waals surface area (Å²) in [5.74, 6) is 0.508. The average Bonchev–Trinajstić information content (AvgIpc) is 2.60. The number of primary amides is 1. The molecule has 1 heterocycles. The summed E-state index contributed by atoms with van der Waals surface area (Å²) in [4.78, 5) is 28.0. The number of nitrogens with two attached hydrogens (primary N) is 1. The van der Waals surface area contributed by atoms with E-state index >= 15 is 0 Å². The minimum atomic E-state index is -0.652. The van der Waals surface area contributed by atoms with Crippen molar-refractivity contribution in [1.29, 1.82) is 0 Å². The molecule has 1 unspecified atom stereocenters. The van der Waals surface area contributed by atoms with E-state index in [0.29, 0.717) is 19.0 Å². The van der Waals surface area contributed by atoms with Gasteiger partial charge < -0.3 is 16.0 Å². The first-order valence-electron chi connectivity index (χ1n) is 9.44. The molecule has 1 fully saturated rings. The Morgan fingerprint density at radius 1 is 1.04 bits per heavy atom. The van der Waals surface area contributed by atoms with Crippen LogP contribution in [0, 0.1) is 5.92 Å². The van der Waals surface area contributed by atoms with Crippen LogP contribution >= 0.6 is 0 Å². The van der Waals surface area contributed by atoms with Crippen LogP contribution in [-0.2, 0) is 11.3 Å². The molecule has 3 amide bonds. The molecule has 144 valence electrons. The fourth-order valence-corrected chi connectivity index (χ4v) is 3.26. The number of nitrogens with one attached hydrogen (secondary N) is 1. The molecular weight excluding hydrogens is 328 g/mol. The molecule has 1 aliphatic heterocycles. The summed E-state index contributed by atoms with van der Waals surface area (Å²) < 4.78 is 0. The number of hydrogen-bond acceptors (Lipinski definition) is 3.